The van der Waals surface area contributed by atoms with Gasteiger partial charge in [-0.3, -0.25) is 4.79 Å². The largest absolute Gasteiger partial charge is 0.354 e. The zero-order valence-electron chi connectivity index (χ0n) is 13.1. The lowest BCUT2D eigenvalue weighted by Crippen LogP contribution is -2.40. The maximum absolute atomic E-state index is 12.1. The molecule has 5 heteroatoms. The molecule has 1 N–H and O–H groups in total. The summed E-state index contributed by atoms with van der Waals surface area (Å²) in [6.07, 6.45) is 8.36. The summed E-state index contributed by atoms with van der Waals surface area (Å²) < 4.78 is 0. The third kappa shape index (κ3) is 4.16. The maximum Gasteiger partial charge on any atom is 0.270 e. The van der Waals surface area contributed by atoms with E-state index >= 15 is 0 Å². The fourth-order valence-electron chi connectivity index (χ4n) is 2.82. The van der Waals surface area contributed by atoms with E-state index in [1.807, 2.05) is 6.07 Å². The molecule has 1 aromatic heterocycles. The van der Waals surface area contributed by atoms with Crippen LogP contribution in [-0.4, -0.2) is 35.0 Å². The van der Waals surface area contributed by atoms with Gasteiger partial charge in [-0.1, -0.05) is 20.3 Å². The van der Waals surface area contributed by atoms with Crippen LogP contribution in [0.3, 0.4) is 0 Å². The first kappa shape index (κ1) is 15.7. The molecule has 0 spiro atoms. The second-order valence-corrected chi connectivity index (χ2v) is 5.62. The van der Waals surface area contributed by atoms with Gasteiger partial charge in [-0.25, -0.2) is 9.97 Å². The molecule has 2 heterocycles. The van der Waals surface area contributed by atoms with E-state index in [4.69, 9.17) is 0 Å². The number of aromatic nitrogens is 2. The van der Waals surface area contributed by atoms with E-state index < -0.39 is 0 Å². The molecule has 1 saturated heterocycles. The zero-order chi connectivity index (χ0) is 15.1. The highest BCUT2D eigenvalue weighted by molar-refractivity contribution is 5.92. The van der Waals surface area contributed by atoms with Crippen LogP contribution in [0.1, 0.15) is 62.9 Å². The van der Waals surface area contributed by atoms with E-state index in [-0.39, 0.29) is 5.91 Å². The van der Waals surface area contributed by atoms with Gasteiger partial charge in [0.25, 0.3) is 5.91 Å². The molecular weight excluding hydrogens is 264 g/mol. The Balaban J connectivity index is 2.07. The van der Waals surface area contributed by atoms with Gasteiger partial charge in [0.15, 0.2) is 0 Å². The summed E-state index contributed by atoms with van der Waals surface area (Å²) in [6.45, 7) is 6.04. The molecule has 1 fully saturated rings. The Kier molecular flexibility index (Phi) is 5.96. The normalized spacial score (nSPS) is 18.6. The number of anilines is 1. The molecule has 0 aromatic carbocycles. The van der Waals surface area contributed by atoms with Crippen molar-refractivity contribution < 1.29 is 4.79 Å². The maximum atomic E-state index is 12.1. The van der Waals surface area contributed by atoms with Crippen molar-refractivity contribution in [2.45, 2.75) is 58.4 Å². The first-order valence-electron chi connectivity index (χ1n) is 8.13. The number of carbonyl (C=O) groups excluding carboxylic acids is 1. The third-order valence-corrected chi connectivity index (χ3v) is 4.09. The number of hydrogen-bond donors (Lipinski definition) is 1. The minimum absolute atomic E-state index is 0.0999. The molecule has 0 aliphatic carbocycles. The van der Waals surface area contributed by atoms with Gasteiger partial charge in [-0.05, 0) is 32.1 Å². The van der Waals surface area contributed by atoms with Gasteiger partial charge in [-0.2, -0.15) is 0 Å². The monoisotopic (exact) mass is 290 g/mol. The fourth-order valence-corrected chi connectivity index (χ4v) is 2.82. The fraction of sp³-hybridized carbons (Fsp3) is 0.688. The highest BCUT2D eigenvalue weighted by atomic mass is 16.1. The molecule has 1 atom stereocenters. The van der Waals surface area contributed by atoms with Crippen molar-refractivity contribution in [1.29, 1.82) is 0 Å². The van der Waals surface area contributed by atoms with Crippen LogP contribution in [0.15, 0.2) is 12.4 Å². The van der Waals surface area contributed by atoms with Crippen LogP contribution >= 0.6 is 0 Å². The summed E-state index contributed by atoms with van der Waals surface area (Å²) in [5.41, 5.74) is 0.469. The number of amides is 1. The number of nitrogens with one attached hydrogen (secondary N) is 1. The Labute approximate surface area is 127 Å². The first-order valence-corrected chi connectivity index (χ1v) is 8.13. The summed E-state index contributed by atoms with van der Waals surface area (Å²) in [5, 5.41) is 2.91. The van der Waals surface area contributed by atoms with Gasteiger partial charge in [0, 0.05) is 25.2 Å². The van der Waals surface area contributed by atoms with Crippen molar-refractivity contribution in [3.63, 3.8) is 0 Å². The molecule has 1 amide bonds. The van der Waals surface area contributed by atoms with Crippen molar-refractivity contribution in [3.8, 4) is 0 Å². The van der Waals surface area contributed by atoms with Crippen LogP contribution in [0.2, 0.25) is 0 Å². The van der Waals surface area contributed by atoms with Crippen molar-refractivity contribution >= 4 is 11.7 Å². The third-order valence-electron chi connectivity index (χ3n) is 4.09. The minimum atomic E-state index is -0.0999. The summed E-state index contributed by atoms with van der Waals surface area (Å²) >= 11 is 0. The van der Waals surface area contributed by atoms with Crippen LogP contribution < -0.4 is 10.2 Å². The molecule has 1 aromatic rings. The molecule has 116 valence electrons. The van der Waals surface area contributed by atoms with E-state index in [1.165, 1.54) is 25.6 Å². The Morgan fingerprint density at radius 1 is 1.38 bits per heavy atom. The van der Waals surface area contributed by atoms with Crippen molar-refractivity contribution in [3.05, 3.63) is 18.1 Å². The topological polar surface area (TPSA) is 58.1 Å². The molecule has 0 radical (unpaired) electrons. The smallest absolute Gasteiger partial charge is 0.270 e. The summed E-state index contributed by atoms with van der Waals surface area (Å²) in [5.74, 6) is 0.786. The lowest BCUT2D eigenvalue weighted by Gasteiger charge is -2.36. The molecule has 1 unspecified atom stereocenters. The van der Waals surface area contributed by atoms with Gasteiger partial charge in [-0.15, -0.1) is 0 Å². The second kappa shape index (κ2) is 7.96. The quantitative estimate of drug-likeness (QED) is 0.818. The van der Waals surface area contributed by atoms with Crippen molar-refractivity contribution in [2.24, 2.45) is 0 Å². The van der Waals surface area contributed by atoms with E-state index in [1.54, 1.807) is 0 Å². The Bertz CT molecular complexity index is 463. The van der Waals surface area contributed by atoms with Gasteiger partial charge < -0.3 is 10.2 Å². The van der Waals surface area contributed by atoms with Crippen molar-refractivity contribution in [2.75, 3.05) is 18.0 Å². The van der Waals surface area contributed by atoms with Gasteiger partial charge >= 0.3 is 0 Å². The predicted octanol–water partition coefficient (Wildman–Crippen LogP) is 2.78. The standard InChI is InChI=1S/C16H26N4O/c1-3-5-9-17-16(21)14-11-15(19-12-18-14)20-10-7-6-8-13(20)4-2/h11-13H,3-10H2,1-2H3,(H,17,21). The first-order chi connectivity index (χ1) is 10.3. The van der Waals surface area contributed by atoms with Gasteiger partial charge in [0.2, 0.25) is 0 Å². The van der Waals surface area contributed by atoms with Crippen LogP contribution in [0.5, 0.6) is 0 Å². The van der Waals surface area contributed by atoms with E-state index in [2.05, 4.69) is 34.0 Å². The van der Waals surface area contributed by atoms with Crippen LogP contribution in [0, 0.1) is 0 Å². The van der Waals surface area contributed by atoms with E-state index in [9.17, 15) is 4.79 Å². The lowest BCUT2D eigenvalue weighted by molar-refractivity contribution is 0.0948. The molecule has 5 nitrogen and oxygen atoms in total. The Morgan fingerprint density at radius 2 is 2.24 bits per heavy atom. The number of piperidine rings is 1. The molecular formula is C16H26N4O. The molecule has 0 bridgehead atoms. The summed E-state index contributed by atoms with van der Waals surface area (Å²) in [7, 11) is 0. The van der Waals surface area contributed by atoms with Gasteiger partial charge in [0.05, 0.1) is 0 Å². The van der Waals surface area contributed by atoms with Crippen LogP contribution in [0.4, 0.5) is 5.82 Å². The second-order valence-electron chi connectivity index (χ2n) is 5.62. The van der Waals surface area contributed by atoms with E-state index in [0.29, 0.717) is 18.3 Å². The van der Waals surface area contributed by atoms with Gasteiger partial charge in [0.1, 0.15) is 17.8 Å². The summed E-state index contributed by atoms with van der Waals surface area (Å²) in [6, 6.07) is 2.36. The van der Waals surface area contributed by atoms with Crippen LogP contribution in [0.25, 0.3) is 0 Å². The zero-order valence-corrected chi connectivity index (χ0v) is 13.1. The number of unbranched alkanes of at least 4 members (excludes halogenated alkanes) is 1. The minimum Gasteiger partial charge on any atom is -0.354 e. The number of carbonyl (C=O) groups is 1. The van der Waals surface area contributed by atoms with Crippen molar-refractivity contribution in [1.82, 2.24) is 15.3 Å². The highest BCUT2D eigenvalue weighted by Crippen LogP contribution is 2.24. The lowest BCUT2D eigenvalue weighted by atomic mass is 10.00. The van der Waals surface area contributed by atoms with Crippen LogP contribution in [-0.2, 0) is 0 Å². The van der Waals surface area contributed by atoms with E-state index in [0.717, 1.165) is 31.6 Å². The summed E-state index contributed by atoms with van der Waals surface area (Å²) in [4.78, 5) is 22.9. The number of rotatable bonds is 6. The molecule has 2 rings (SSSR count). The predicted molar refractivity (Wildman–Crippen MR) is 84.5 cm³/mol. The Morgan fingerprint density at radius 3 is 3.00 bits per heavy atom. The average molecular weight is 290 g/mol. The number of hydrogen-bond acceptors (Lipinski definition) is 4. The molecule has 1 aliphatic rings. The molecule has 1 aliphatic heterocycles. The highest BCUT2D eigenvalue weighted by Gasteiger charge is 2.22. The number of nitrogens with zero attached hydrogens (tertiary/aromatic N) is 3. The molecule has 0 saturated carbocycles. The molecule has 21 heavy (non-hydrogen) atoms. The Hall–Kier alpha value is -1.65. The average Bonchev–Trinajstić information content (AvgIpc) is 2.55. The SMILES string of the molecule is CCCCNC(=O)c1cc(N2CCCCC2CC)ncn1.